The SMILES string of the molecule is CC(C)(COC(=O)C1CCCCC1)COC(=O)C1CCCCC1. The molecule has 0 aromatic heterocycles. The zero-order valence-corrected chi connectivity index (χ0v) is 14.8. The predicted molar refractivity (Wildman–Crippen MR) is 88.8 cm³/mol. The zero-order valence-electron chi connectivity index (χ0n) is 14.8. The van der Waals surface area contributed by atoms with E-state index in [4.69, 9.17) is 9.47 Å². The van der Waals surface area contributed by atoms with Gasteiger partial charge < -0.3 is 9.47 Å². The summed E-state index contributed by atoms with van der Waals surface area (Å²) in [7, 11) is 0. The van der Waals surface area contributed by atoms with Crippen molar-refractivity contribution in [3.8, 4) is 0 Å². The van der Waals surface area contributed by atoms with Crippen molar-refractivity contribution in [2.75, 3.05) is 13.2 Å². The number of ether oxygens (including phenoxy) is 2. The monoisotopic (exact) mass is 324 g/mol. The average molecular weight is 324 g/mol. The van der Waals surface area contributed by atoms with Gasteiger partial charge >= 0.3 is 11.9 Å². The van der Waals surface area contributed by atoms with Crippen LogP contribution >= 0.6 is 0 Å². The minimum absolute atomic E-state index is 0.0728. The third-order valence-corrected chi connectivity index (χ3v) is 5.09. The van der Waals surface area contributed by atoms with E-state index in [1.54, 1.807) is 0 Å². The molecule has 0 saturated heterocycles. The molecule has 2 aliphatic carbocycles. The van der Waals surface area contributed by atoms with E-state index in [-0.39, 0.29) is 29.2 Å². The Labute approximate surface area is 140 Å². The van der Waals surface area contributed by atoms with Crippen molar-refractivity contribution in [1.82, 2.24) is 0 Å². The Hall–Kier alpha value is -1.06. The molecule has 0 N–H and O–H groups in total. The molecule has 0 heterocycles. The Morgan fingerprint density at radius 2 is 1.09 bits per heavy atom. The summed E-state index contributed by atoms with van der Waals surface area (Å²) in [5.41, 5.74) is -0.325. The van der Waals surface area contributed by atoms with Crippen molar-refractivity contribution < 1.29 is 19.1 Å². The molecule has 4 heteroatoms. The highest BCUT2D eigenvalue weighted by molar-refractivity contribution is 5.73. The van der Waals surface area contributed by atoms with Crippen LogP contribution < -0.4 is 0 Å². The first-order valence-corrected chi connectivity index (χ1v) is 9.31. The number of hydrogen-bond donors (Lipinski definition) is 0. The first kappa shape index (κ1) is 18.3. The third kappa shape index (κ3) is 6.15. The number of hydrogen-bond acceptors (Lipinski definition) is 4. The molecule has 132 valence electrons. The van der Waals surface area contributed by atoms with E-state index in [9.17, 15) is 9.59 Å². The van der Waals surface area contributed by atoms with Gasteiger partial charge in [-0.3, -0.25) is 9.59 Å². The van der Waals surface area contributed by atoms with Crippen molar-refractivity contribution in [2.24, 2.45) is 17.3 Å². The van der Waals surface area contributed by atoms with Gasteiger partial charge in [0.05, 0.1) is 25.0 Å². The summed E-state index contributed by atoms with van der Waals surface area (Å²) in [5.74, 6) is 0.00134. The molecular weight excluding hydrogens is 292 g/mol. The van der Waals surface area contributed by atoms with E-state index in [1.165, 1.54) is 12.8 Å². The summed E-state index contributed by atoms with van der Waals surface area (Å²) < 4.78 is 11.0. The van der Waals surface area contributed by atoms with Crippen molar-refractivity contribution in [3.05, 3.63) is 0 Å². The van der Waals surface area contributed by atoms with Crippen LogP contribution in [0.5, 0.6) is 0 Å². The molecule has 2 rings (SSSR count). The van der Waals surface area contributed by atoms with E-state index in [1.807, 2.05) is 13.8 Å². The molecule has 0 amide bonds. The van der Waals surface area contributed by atoms with Crippen molar-refractivity contribution >= 4 is 11.9 Å². The summed E-state index contributed by atoms with van der Waals surface area (Å²) in [4.78, 5) is 24.2. The van der Waals surface area contributed by atoms with E-state index >= 15 is 0 Å². The maximum Gasteiger partial charge on any atom is 0.308 e. The smallest absolute Gasteiger partial charge is 0.308 e. The Morgan fingerprint density at radius 1 is 0.739 bits per heavy atom. The van der Waals surface area contributed by atoms with Crippen LogP contribution in [0, 0.1) is 17.3 Å². The molecule has 2 saturated carbocycles. The molecule has 0 aliphatic heterocycles. The fourth-order valence-electron chi connectivity index (χ4n) is 3.49. The maximum absolute atomic E-state index is 12.1. The summed E-state index contributed by atoms with van der Waals surface area (Å²) >= 11 is 0. The average Bonchev–Trinajstić information content (AvgIpc) is 2.59. The topological polar surface area (TPSA) is 52.6 Å². The Bertz CT molecular complexity index is 354. The number of carbonyl (C=O) groups is 2. The van der Waals surface area contributed by atoms with Gasteiger partial charge in [0.25, 0.3) is 0 Å². The molecule has 2 fully saturated rings. The first-order chi connectivity index (χ1) is 11.0. The van der Waals surface area contributed by atoms with Gasteiger partial charge in [-0.25, -0.2) is 0 Å². The maximum atomic E-state index is 12.1. The molecule has 0 bridgehead atoms. The normalized spacial score (nSPS) is 21.0. The van der Waals surface area contributed by atoms with Crippen molar-refractivity contribution in [2.45, 2.75) is 78.1 Å². The summed E-state index contributed by atoms with van der Waals surface area (Å²) in [6.07, 6.45) is 10.8. The fraction of sp³-hybridized carbons (Fsp3) is 0.895. The molecule has 0 unspecified atom stereocenters. The van der Waals surface area contributed by atoms with Gasteiger partial charge in [0, 0.05) is 5.41 Å². The van der Waals surface area contributed by atoms with E-state index in [2.05, 4.69) is 0 Å². The third-order valence-electron chi connectivity index (χ3n) is 5.09. The van der Waals surface area contributed by atoms with Crippen LogP contribution in [0.15, 0.2) is 0 Å². The number of carbonyl (C=O) groups excluding carboxylic acids is 2. The summed E-state index contributed by atoms with van der Waals surface area (Å²) in [6.45, 7) is 4.60. The van der Waals surface area contributed by atoms with Gasteiger partial charge in [0.1, 0.15) is 0 Å². The summed E-state index contributed by atoms with van der Waals surface area (Å²) in [5, 5.41) is 0. The molecule has 0 aromatic rings. The molecule has 23 heavy (non-hydrogen) atoms. The van der Waals surface area contributed by atoms with Gasteiger partial charge in [-0.1, -0.05) is 52.4 Å². The predicted octanol–water partition coefficient (Wildman–Crippen LogP) is 4.26. The Morgan fingerprint density at radius 3 is 1.43 bits per heavy atom. The van der Waals surface area contributed by atoms with Crippen LogP contribution in [0.4, 0.5) is 0 Å². The van der Waals surface area contributed by atoms with E-state index < -0.39 is 0 Å². The van der Waals surface area contributed by atoms with Gasteiger partial charge in [0.15, 0.2) is 0 Å². The van der Waals surface area contributed by atoms with Crippen LogP contribution in [-0.4, -0.2) is 25.2 Å². The van der Waals surface area contributed by atoms with E-state index in [0.29, 0.717) is 13.2 Å². The summed E-state index contributed by atoms with van der Waals surface area (Å²) in [6, 6.07) is 0. The van der Waals surface area contributed by atoms with Crippen molar-refractivity contribution in [3.63, 3.8) is 0 Å². The van der Waals surface area contributed by atoms with Crippen LogP contribution in [0.3, 0.4) is 0 Å². The number of esters is 2. The van der Waals surface area contributed by atoms with Crippen LogP contribution in [-0.2, 0) is 19.1 Å². The minimum atomic E-state index is -0.325. The molecule has 0 atom stereocenters. The van der Waals surface area contributed by atoms with Crippen LogP contribution in [0.2, 0.25) is 0 Å². The lowest BCUT2D eigenvalue weighted by Gasteiger charge is -2.27. The van der Waals surface area contributed by atoms with Crippen molar-refractivity contribution in [1.29, 1.82) is 0 Å². The highest BCUT2D eigenvalue weighted by Crippen LogP contribution is 2.27. The lowest BCUT2D eigenvalue weighted by Crippen LogP contribution is -2.32. The second-order valence-electron chi connectivity index (χ2n) is 8.05. The minimum Gasteiger partial charge on any atom is -0.465 e. The quantitative estimate of drug-likeness (QED) is 0.685. The number of rotatable bonds is 6. The van der Waals surface area contributed by atoms with Gasteiger partial charge in [-0.05, 0) is 25.7 Å². The molecule has 0 spiro atoms. The standard InChI is InChI=1S/C19H32O4/c1-19(2,13-22-17(20)15-9-5-3-6-10-15)14-23-18(21)16-11-7-4-8-12-16/h15-16H,3-14H2,1-2H3. The molecule has 4 nitrogen and oxygen atoms in total. The van der Waals surface area contributed by atoms with Crippen LogP contribution in [0.25, 0.3) is 0 Å². The molecule has 2 aliphatic rings. The van der Waals surface area contributed by atoms with E-state index in [0.717, 1.165) is 51.4 Å². The highest BCUT2D eigenvalue weighted by atomic mass is 16.5. The highest BCUT2D eigenvalue weighted by Gasteiger charge is 2.29. The van der Waals surface area contributed by atoms with Crippen LogP contribution in [0.1, 0.15) is 78.1 Å². The molecule has 0 aromatic carbocycles. The zero-order chi connectivity index (χ0) is 16.7. The van der Waals surface area contributed by atoms with Gasteiger partial charge in [0.2, 0.25) is 0 Å². The fourth-order valence-corrected chi connectivity index (χ4v) is 3.49. The Balaban J connectivity index is 1.68. The molecule has 0 radical (unpaired) electrons. The first-order valence-electron chi connectivity index (χ1n) is 9.31. The lowest BCUT2D eigenvalue weighted by atomic mass is 9.89. The largest absolute Gasteiger partial charge is 0.465 e. The van der Waals surface area contributed by atoms with Gasteiger partial charge in [-0.15, -0.1) is 0 Å². The lowest BCUT2D eigenvalue weighted by molar-refractivity contribution is -0.158. The van der Waals surface area contributed by atoms with Gasteiger partial charge in [-0.2, -0.15) is 0 Å². The second kappa shape index (κ2) is 8.70. The second-order valence-corrected chi connectivity index (χ2v) is 8.05. The molecular formula is C19H32O4. The Kier molecular flexibility index (Phi) is 6.91.